The standard InChI is InChI=1S/C20H22N4O2/c1-20(2,3)19(25)22-16-7-5-4-6-15(16)18-23-17(24-26-18)14-10-8-13(12-21)9-11-14/h4-11H,12,21H2,1-3H3,(H,22,25). The third kappa shape index (κ3) is 3.81. The monoisotopic (exact) mass is 350 g/mol. The summed E-state index contributed by atoms with van der Waals surface area (Å²) < 4.78 is 5.43. The highest BCUT2D eigenvalue weighted by Gasteiger charge is 2.23. The van der Waals surface area contributed by atoms with Crippen LogP contribution < -0.4 is 11.1 Å². The van der Waals surface area contributed by atoms with E-state index in [1.807, 2.05) is 69.3 Å². The Morgan fingerprint density at radius 3 is 2.46 bits per heavy atom. The van der Waals surface area contributed by atoms with Crippen LogP contribution in [0.1, 0.15) is 26.3 Å². The molecule has 3 N–H and O–H groups in total. The summed E-state index contributed by atoms with van der Waals surface area (Å²) in [7, 11) is 0. The van der Waals surface area contributed by atoms with E-state index in [4.69, 9.17) is 10.3 Å². The zero-order chi connectivity index (χ0) is 18.7. The lowest BCUT2D eigenvalue weighted by atomic mass is 9.95. The van der Waals surface area contributed by atoms with Gasteiger partial charge in [0, 0.05) is 17.5 Å². The van der Waals surface area contributed by atoms with Gasteiger partial charge in [-0.1, -0.05) is 62.3 Å². The van der Waals surface area contributed by atoms with Crippen molar-refractivity contribution in [3.05, 3.63) is 54.1 Å². The molecule has 1 amide bonds. The van der Waals surface area contributed by atoms with Gasteiger partial charge < -0.3 is 15.6 Å². The van der Waals surface area contributed by atoms with E-state index < -0.39 is 5.41 Å². The number of benzene rings is 2. The Labute approximate surface area is 152 Å². The first-order valence-electron chi connectivity index (χ1n) is 8.42. The smallest absolute Gasteiger partial charge is 0.260 e. The molecule has 2 aromatic carbocycles. The van der Waals surface area contributed by atoms with Gasteiger partial charge in [0.2, 0.25) is 11.7 Å². The van der Waals surface area contributed by atoms with E-state index in [0.29, 0.717) is 29.5 Å². The van der Waals surface area contributed by atoms with Gasteiger partial charge in [0.05, 0.1) is 11.3 Å². The topological polar surface area (TPSA) is 94.0 Å². The Morgan fingerprint density at radius 1 is 1.12 bits per heavy atom. The fourth-order valence-corrected chi connectivity index (χ4v) is 2.33. The van der Waals surface area contributed by atoms with Crippen LogP contribution in [0.2, 0.25) is 0 Å². The summed E-state index contributed by atoms with van der Waals surface area (Å²) in [5.41, 5.74) is 8.32. The summed E-state index contributed by atoms with van der Waals surface area (Å²) in [6, 6.07) is 15.1. The lowest BCUT2D eigenvalue weighted by molar-refractivity contribution is -0.123. The van der Waals surface area contributed by atoms with E-state index in [-0.39, 0.29) is 5.91 Å². The van der Waals surface area contributed by atoms with Crippen molar-refractivity contribution in [3.8, 4) is 22.8 Å². The molecule has 134 valence electrons. The molecule has 0 atom stereocenters. The number of nitrogens with two attached hydrogens (primary N) is 1. The normalized spacial score (nSPS) is 11.4. The van der Waals surface area contributed by atoms with E-state index in [1.54, 1.807) is 0 Å². The van der Waals surface area contributed by atoms with Gasteiger partial charge >= 0.3 is 0 Å². The van der Waals surface area contributed by atoms with Gasteiger partial charge in [0.25, 0.3) is 5.89 Å². The summed E-state index contributed by atoms with van der Waals surface area (Å²) in [6.45, 7) is 6.07. The van der Waals surface area contributed by atoms with Gasteiger partial charge in [-0.25, -0.2) is 0 Å². The molecule has 1 heterocycles. The van der Waals surface area contributed by atoms with Crippen LogP contribution >= 0.6 is 0 Å². The molecule has 6 nitrogen and oxygen atoms in total. The quantitative estimate of drug-likeness (QED) is 0.745. The number of carbonyl (C=O) groups is 1. The minimum absolute atomic E-state index is 0.0814. The van der Waals surface area contributed by atoms with Gasteiger partial charge in [-0.05, 0) is 17.7 Å². The Morgan fingerprint density at radius 2 is 1.81 bits per heavy atom. The molecule has 0 aliphatic carbocycles. The molecule has 26 heavy (non-hydrogen) atoms. The lowest BCUT2D eigenvalue weighted by Crippen LogP contribution is -2.27. The van der Waals surface area contributed by atoms with Gasteiger partial charge in [-0.3, -0.25) is 4.79 Å². The van der Waals surface area contributed by atoms with Gasteiger partial charge in [-0.15, -0.1) is 0 Å². The van der Waals surface area contributed by atoms with Crippen molar-refractivity contribution in [1.82, 2.24) is 10.1 Å². The summed E-state index contributed by atoms with van der Waals surface area (Å²) >= 11 is 0. The number of hydrogen-bond acceptors (Lipinski definition) is 5. The highest BCUT2D eigenvalue weighted by molar-refractivity contribution is 5.97. The highest BCUT2D eigenvalue weighted by atomic mass is 16.5. The van der Waals surface area contributed by atoms with E-state index in [0.717, 1.165) is 11.1 Å². The Bertz CT molecular complexity index is 908. The minimum Gasteiger partial charge on any atom is -0.334 e. The molecular weight excluding hydrogens is 328 g/mol. The number of aromatic nitrogens is 2. The Hall–Kier alpha value is -2.99. The third-order valence-corrected chi connectivity index (χ3v) is 3.96. The summed E-state index contributed by atoms with van der Waals surface area (Å²) in [6.07, 6.45) is 0. The van der Waals surface area contributed by atoms with Crippen molar-refractivity contribution >= 4 is 11.6 Å². The predicted octanol–water partition coefficient (Wildman–Crippen LogP) is 3.85. The molecule has 0 unspecified atom stereocenters. The largest absolute Gasteiger partial charge is 0.334 e. The van der Waals surface area contributed by atoms with Crippen molar-refractivity contribution in [3.63, 3.8) is 0 Å². The zero-order valence-corrected chi connectivity index (χ0v) is 15.1. The predicted molar refractivity (Wildman–Crippen MR) is 101 cm³/mol. The molecule has 3 rings (SSSR count). The fourth-order valence-electron chi connectivity index (χ4n) is 2.33. The van der Waals surface area contributed by atoms with Crippen molar-refractivity contribution < 1.29 is 9.32 Å². The number of anilines is 1. The van der Waals surface area contributed by atoms with E-state index in [1.165, 1.54) is 0 Å². The zero-order valence-electron chi connectivity index (χ0n) is 15.1. The maximum absolute atomic E-state index is 12.3. The molecule has 0 aliphatic rings. The van der Waals surface area contributed by atoms with Gasteiger partial charge in [0.15, 0.2) is 0 Å². The van der Waals surface area contributed by atoms with Crippen molar-refractivity contribution in [1.29, 1.82) is 0 Å². The number of carbonyl (C=O) groups excluding carboxylic acids is 1. The fraction of sp³-hybridized carbons (Fsp3) is 0.250. The van der Waals surface area contributed by atoms with Crippen LogP contribution in [0.3, 0.4) is 0 Å². The molecule has 0 bridgehead atoms. The highest BCUT2D eigenvalue weighted by Crippen LogP contribution is 2.29. The minimum atomic E-state index is -0.502. The van der Waals surface area contributed by atoms with Crippen LogP contribution in [0.5, 0.6) is 0 Å². The second-order valence-corrected chi connectivity index (χ2v) is 7.07. The van der Waals surface area contributed by atoms with Crippen LogP contribution in [-0.2, 0) is 11.3 Å². The molecule has 0 spiro atoms. The van der Waals surface area contributed by atoms with Crippen molar-refractivity contribution in [2.24, 2.45) is 11.1 Å². The lowest BCUT2D eigenvalue weighted by Gasteiger charge is -2.18. The molecular formula is C20H22N4O2. The molecule has 1 aromatic heterocycles. The number of hydrogen-bond donors (Lipinski definition) is 2. The van der Waals surface area contributed by atoms with E-state index >= 15 is 0 Å². The third-order valence-electron chi connectivity index (χ3n) is 3.96. The number of nitrogens with zero attached hydrogens (tertiary/aromatic N) is 2. The summed E-state index contributed by atoms with van der Waals surface area (Å²) in [5, 5.41) is 6.99. The molecule has 0 radical (unpaired) electrons. The van der Waals surface area contributed by atoms with Crippen molar-refractivity contribution in [2.75, 3.05) is 5.32 Å². The average molecular weight is 350 g/mol. The first-order valence-corrected chi connectivity index (χ1v) is 8.42. The van der Waals surface area contributed by atoms with Crippen LogP contribution in [0.15, 0.2) is 53.1 Å². The molecule has 0 fully saturated rings. The van der Waals surface area contributed by atoms with E-state index in [9.17, 15) is 4.79 Å². The second-order valence-electron chi connectivity index (χ2n) is 7.07. The number of para-hydroxylation sites is 1. The second kappa shape index (κ2) is 7.09. The van der Waals surface area contributed by atoms with Crippen LogP contribution in [0.25, 0.3) is 22.8 Å². The molecule has 6 heteroatoms. The summed E-state index contributed by atoms with van der Waals surface area (Å²) in [5.74, 6) is 0.760. The van der Waals surface area contributed by atoms with Crippen LogP contribution in [-0.4, -0.2) is 16.0 Å². The molecule has 3 aromatic rings. The van der Waals surface area contributed by atoms with Crippen LogP contribution in [0.4, 0.5) is 5.69 Å². The van der Waals surface area contributed by atoms with E-state index in [2.05, 4.69) is 15.5 Å². The van der Waals surface area contributed by atoms with Gasteiger partial charge in [0.1, 0.15) is 0 Å². The average Bonchev–Trinajstić information content (AvgIpc) is 3.11. The first-order chi connectivity index (χ1) is 12.4. The number of amides is 1. The Kier molecular flexibility index (Phi) is 4.86. The number of rotatable bonds is 4. The summed E-state index contributed by atoms with van der Waals surface area (Å²) in [4.78, 5) is 16.8. The SMILES string of the molecule is CC(C)(C)C(=O)Nc1ccccc1-c1nc(-c2ccc(CN)cc2)no1. The molecule has 0 saturated carbocycles. The van der Waals surface area contributed by atoms with Crippen LogP contribution in [0, 0.1) is 5.41 Å². The first kappa shape index (κ1) is 17.8. The van der Waals surface area contributed by atoms with Crippen molar-refractivity contribution in [2.45, 2.75) is 27.3 Å². The molecule has 0 aliphatic heterocycles. The molecule has 0 saturated heterocycles. The number of nitrogens with one attached hydrogen (secondary N) is 1. The maximum atomic E-state index is 12.3. The van der Waals surface area contributed by atoms with Gasteiger partial charge in [-0.2, -0.15) is 4.98 Å². The Balaban J connectivity index is 1.91. The maximum Gasteiger partial charge on any atom is 0.260 e.